The van der Waals surface area contributed by atoms with E-state index in [1.807, 2.05) is 6.07 Å². The average Bonchev–Trinajstić information content (AvgIpc) is 3.05. The highest BCUT2D eigenvalue weighted by atomic mass is 32.1. The molecule has 136 valence electrons. The molecule has 0 spiro atoms. The topological polar surface area (TPSA) is 41.9 Å². The Labute approximate surface area is 149 Å². The van der Waals surface area contributed by atoms with E-state index in [-0.39, 0.29) is 11.3 Å². The first-order valence-electron chi connectivity index (χ1n) is 8.25. The molecule has 0 aromatic carbocycles. The number of aromatic nitrogens is 3. The van der Waals surface area contributed by atoms with Gasteiger partial charge in [0.1, 0.15) is 11.6 Å². The minimum absolute atomic E-state index is 0.00269. The van der Waals surface area contributed by atoms with Crippen molar-refractivity contribution >= 4 is 17.2 Å². The summed E-state index contributed by atoms with van der Waals surface area (Å²) >= 11 is 1.10. The van der Waals surface area contributed by atoms with E-state index in [1.165, 1.54) is 0 Å². The van der Waals surface area contributed by atoms with Gasteiger partial charge in [0.25, 0.3) is 0 Å². The molecule has 4 nitrogen and oxygen atoms in total. The molecule has 0 bridgehead atoms. The molecule has 8 heteroatoms. The molecule has 1 aliphatic rings. The minimum atomic E-state index is -4.38. The smallest absolute Gasteiger partial charge is 0.356 e. The first kappa shape index (κ1) is 18.1. The van der Waals surface area contributed by atoms with Crippen molar-refractivity contribution in [2.75, 3.05) is 18.0 Å². The zero-order chi connectivity index (χ0) is 18.2. The van der Waals surface area contributed by atoms with E-state index in [4.69, 9.17) is 0 Å². The molecule has 1 aliphatic heterocycles. The van der Waals surface area contributed by atoms with E-state index in [0.717, 1.165) is 47.7 Å². The highest BCUT2D eigenvalue weighted by molar-refractivity contribution is 7.09. The van der Waals surface area contributed by atoms with Crippen LogP contribution in [0.2, 0.25) is 0 Å². The Bertz CT molecular complexity index is 736. The molecule has 1 saturated heterocycles. The van der Waals surface area contributed by atoms with Gasteiger partial charge < -0.3 is 4.90 Å². The lowest BCUT2D eigenvalue weighted by molar-refractivity contribution is -0.140. The molecule has 3 heterocycles. The summed E-state index contributed by atoms with van der Waals surface area (Å²) in [7, 11) is 0. The van der Waals surface area contributed by atoms with Crippen LogP contribution in [-0.2, 0) is 11.6 Å². The van der Waals surface area contributed by atoms with Gasteiger partial charge in [-0.25, -0.2) is 15.0 Å². The molecule has 0 saturated carbocycles. The number of hydrogen-bond donors (Lipinski definition) is 0. The maximum atomic E-state index is 12.8. The van der Waals surface area contributed by atoms with Crippen molar-refractivity contribution in [1.82, 2.24) is 15.0 Å². The number of halogens is 3. The summed E-state index contributed by atoms with van der Waals surface area (Å²) in [5.41, 5.74) is -0.941. The third kappa shape index (κ3) is 4.11. The molecule has 0 radical (unpaired) electrons. The van der Waals surface area contributed by atoms with Crippen LogP contribution in [0, 0.1) is 0 Å². The lowest BCUT2D eigenvalue weighted by Gasteiger charge is -2.33. The number of rotatable bonds is 2. The van der Waals surface area contributed by atoms with Gasteiger partial charge in [0, 0.05) is 36.0 Å². The Morgan fingerprint density at radius 2 is 1.96 bits per heavy atom. The van der Waals surface area contributed by atoms with Crippen LogP contribution in [0.1, 0.15) is 56.1 Å². The number of hydrogen-bond acceptors (Lipinski definition) is 5. The van der Waals surface area contributed by atoms with Gasteiger partial charge in [-0.3, -0.25) is 0 Å². The molecule has 0 aliphatic carbocycles. The van der Waals surface area contributed by atoms with Gasteiger partial charge in [0.05, 0.1) is 5.01 Å². The van der Waals surface area contributed by atoms with Crippen molar-refractivity contribution in [2.24, 2.45) is 0 Å². The van der Waals surface area contributed by atoms with Crippen molar-refractivity contribution in [3.63, 3.8) is 0 Å². The fourth-order valence-corrected chi connectivity index (χ4v) is 3.83. The second kappa shape index (κ2) is 6.55. The summed E-state index contributed by atoms with van der Waals surface area (Å²) in [5.74, 6) is 1.60. The van der Waals surface area contributed by atoms with Crippen molar-refractivity contribution in [2.45, 2.75) is 51.1 Å². The summed E-state index contributed by atoms with van der Waals surface area (Å²) in [4.78, 5) is 14.9. The maximum Gasteiger partial charge on any atom is 0.434 e. The number of piperidine rings is 1. The van der Waals surface area contributed by atoms with E-state index in [9.17, 15) is 13.2 Å². The van der Waals surface area contributed by atoms with E-state index in [0.29, 0.717) is 11.6 Å². The van der Waals surface area contributed by atoms with Gasteiger partial charge in [-0.2, -0.15) is 13.2 Å². The van der Waals surface area contributed by atoms with Crippen molar-refractivity contribution in [3.05, 3.63) is 34.2 Å². The zero-order valence-corrected chi connectivity index (χ0v) is 15.3. The third-order valence-corrected chi connectivity index (χ3v) is 5.23. The van der Waals surface area contributed by atoms with E-state index < -0.39 is 11.9 Å². The minimum Gasteiger partial charge on any atom is -0.356 e. The summed E-state index contributed by atoms with van der Waals surface area (Å²) in [6.45, 7) is 7.64. The summed E-state index contributed by atoms with van der Waals surface area (Å²) in [5, 5.41) is 1.67. The fraction of sp³-hybridized carbons (Fsp3) is 0.588. The van der Waals surface area contributed by atoms with E-state index in [2.05, 4.69) is 40.6 Å². The molecular formula is C17H21F3N4S. The first-order valence-corrected chi connectivity index (χ1v) is 9.13. The van der Waals surface area contributed by atoms with Crippen LogP contribution in [-0.4, -0.2) is 28.0 Å². The van der Waals surface area contributed by atoms with Gasteiger partial charge in [0.15, 0.2) is 5.69 Å². The standard InChI is InChI=1S/C17H21F3N4S/c1-16(2,3)15-21-7-6-13(23-15)24-8-4-5-11(9-24)14-22-12(10-25-14)17(18,19)20/h6-7,10-11H,4-5,8-9H2,1-3H3. The lowest BCUT2D eigenvalue weighted by atomic mass is 9.95. The second-order valence-electron chi connectivity index (χ2n) is 7.34. The van der Waals surface area contributed by atoms with Gasteiger partial charge in [-0.05, 0) is 18.9 Å². The van der Waals surface area contributed by atoms with Crippen molar-refractivity contribution < 1.29 is 13.2 Å². The maximum absolute atomic E-state index is 12.8. The van der Waals surface area contributed by atoms with Crippen LogP contribution in [0.5, 0.6) is 0 Å². The molecule has 1 unspecified atom stereocenters. The predicted molar refractivity (Wildman–Crippen MR) is 92.0 cm³/mol. The Morgan fingerprint density at radius 3 is 2.60 bits per heavy atom. The number of alkyl halides is 3. The van der Waals surface area contributed by atoms with Crippen LogP contribution in [0.25, 0.3) is 0 Å². The molecule has 25 heavy (non-hydrogen) atoms. The quantitative estimate of drug-likeness (QED) is 0.773. The van der Waals surface area contributed by atoms with E-state index >= 15 is 0 Å². The monoisotopic (exact) mass is 370 g/mol. The van der Waals surface area contributed by atoms with Gasteiger partial charge in [0.2, 0.25) is 0 Å². The van der Waals surface area contributed by atoms with Crippen LogP contribution >= 0.6 is 11.3 Å². The van der Waals surface area contributed by atoms with Crippen LogP contribution in [0.3, 0.4) is 0 Å². The normalized spacial score (nSPS) is 19.3. The Hall–Kier alpha value is -1.70. The van der Waals surface area contributed by atoms with Gasteiger partial charge in [-0.15, -0.1) is 11.3 Å². The Kier molecular flexibility index (Phi) is 4.74. The highest BCUT2D eigenvalue weighted by Gasteiger charge is 2.35. The van der Waals surface area contributed by atoms with Crippen molar-refractivity contribution in [1.29, 1.82) is 0 Å². The highest BCUT2D eigenvalue weighted by Crippen LogP contribution is 2.35. The Morgan fingerprint density at radius 1 is 1.20 bits per heavy atom. The fourth-order valence-electron chi connectivity index (χ4n) is 2.88. The SMILES string of the molecule is CC(C)(C)c1nccc(N2CCCC(c3nc(C(F)(F)F)cs3)C2)n1. The van der Waals surface area contributed by atoms with Crippen molar-refractivity contribution in [3.8, 4) is 0 Å². The van der Waals surface area contributed by atoms with Gasteiger partial charge >= 0.3 is 6.18 Å². The van der Waals surface area contributed by atoms with Crippen LogP contribution in [0.15, 0.2) is 17.6 Å². The predicted octanol–water partition coefficient (Wildman–Crippen LogP) is 4.63. The molecule has 0 N–H and O–H groups in total. The Balaban J connectivity index is 1.79. The number of thiazole rings is 1. The summed E-state index contributed by atoms with van der Waals surface area (Å²) in [6, 6.07) is 1.86. The van der Waals surface area contributed by atoms with E-state index in [1.54, 1.807) is 6.20 Å². The third-order valence-electron chi connectivity index (χ3n) is 4.22. The molecular weight excluding hydrogens is 349 g/mol. The summed E-state index contributed by atoms with van der Waals surface area (Å²) in [6.07, 6.45) is -0.881. The summed E-state index contributed by atoms with van der Waals surface area (Å²) < 4.78 is 38.3. The van der Waals surface area contributed by atoms with Crippen LogP contribution in [0.4, 0.5) is 19.0 Å². The zero-order valence-electron chi connectivity index (χ0n) is 14.5. The largest absolute Gasteiger partial charge is 0.434 e. The molecule has 2 aromatic rings. The molecule has 1 atom stereocenters. The molecule has 0 amide bonds. The average molecular weight is 370 g/mol. The molecule has 1 fully saturated rings. The molecule has 3 rings (SSSR count). The number of anilines is 1. The first-order chi connectivity index (χ1) is 11.6. The molecule has 2 aromatic heterocycles. The number of nitrogens with zero attached hydrogens (tertiary/aromatic N) is 4. The van der Waals surface area contributed by atoms with Gasteiger partial charge in [-0.1, -0.05) is 20.8 Å². The second-order valence-corrected chi connectivity index (χ2v) is 8.23. The lowest BCUT2D eigenvalue weighted by Crippen LogP contribution is -2.35. The van der Waals surface area contributed by atoms with Crippen LogP contribution < -0.4 is 4.90 Å².